The molecule has 0 spiro atoms. The lowest BCUT2D eigenvalue weighted by molar-refractivity contribution is 0.194. The Morgan fingerprint density at radius 3 is 2.81 bits per heavy atom. The number of ether oxygens (including phenoxy) is 1. The maximum atomic E-state index is 12.8. The number of anilines is 1. The Labute approximate surface area is 166 Å². The van der Waals surface area contributed by atoms with Crippen molar-refractivity contribution < 1.29 is 17.9 Å². The van der Waals surface area contributed by atoms with E-state index in [9.17, 15) is 13.2 Å². The highest BCUT2D eigenvalue weighted by atomic mass is 79.9. The van der Waals surface area contributed by atoms with Crippen LogP contribution in [0, 0.1) is 0 Å². The zero-order valence-electron chi connectivity index (χ0n) is 14.8. The number of hydrogen-bond acceptors (Lipinski definition) is 5. The van der Waals surface area contributed by atoms with Crippen LogP contribution < -0.4 is 14.8 Å². The summed E-state index contributed by atoms with van der Waals surface area (Å²) in [5, 5.41) is 2.59. The van der Waals surface area contributed by atoms with Gasteiger partial charge in [-0.15, -0.1) is 0 Å². The number of fused-ring (bicyclic) bond motifs is 1. The molecule has 0 radical (unpaired) electrons. The molecule has 2 aromatic rings. The van der Waals surface area contributed by atoms with Gasteiger partial charge in [-0.25, -0.2) is 13.2 Å². The van der Waals surface area contributed by atoms with Crippen LogP contribution in [0.2, 0.25) is 0 Å². The highest BCUT2D eigenvalue weighted by Gasteiger charge is 2.23. The van der Waals surface area contributed by atoms with Gasteiger partial charge in [0, 0.05) is 36.7 Å². The fourth-order valence-electron chi connectivity index (χ4n) is 2.88. The number of sulfonamides is 1. The van der Waals surface area contributed by atoms with E-state index in [4.69, 9.17) is 4.74 Å². The molecule has 1 aromatic heterocycles. The first-order chi connectivity index (χ1) is 12.8. The first-order valence-electron chi connectivity index (χ1n) is 8.15. The summed E-state index contributed by atoms with van der Waals surface area (Å²) in [6, 6.07) is 6.28. The number of nitrogens with one attached hydrogen (secondary N) is 2. The molecule has 10 heteroatoms. The number of rotatable bonds is 4. The van der Waals surface area contributed by atoms with Crippen molar-refractivity contribution in [3.8, 4) is 5.75 Å². The number of nitrogens with zero attached hydrogens (tertiary/aromatic N) is 2. The first kappa shape index (κ1) is 19.4. The van der Waals surface area contributed by atoms with Crippen molar-refractivity contribution in [3.63, 3.8) is 0 Å². The number of carbonyl (C=O) groups excluding carboxylic acids is 1. The van der Waals surface area contributed by atoms with Crippen molar-refractivity contribution in [1.82, 2.24) is 15.2 Å². The van der Waals surface area contributed by atoms with Gasteiger partial charge in [-0.2, -0.15) is 0 Å². The largest absolute Gasteiger partial charge is 0.495 e. The number of methoxy groups -OCH3 is 1. The fourth-order valence-corrected chi connectivity index (χ4v) is 4.63. The van der Waals surface area contributed by atoms with Gasteiger partial charge in [0.25, 0.3) is 10.0 Å². The Morgan fingerprint density at radius 1 is 1.33 bits per heavy atom. The highest BCUT2D eigenvalue weighted by molar-refractivity contribution is 9.10. The summed E-state index contributed by atoms with van der Waals surface area (Å²) < 4.78 is 33.9. The van der Waals surface area contributed by atoms with Crippen LogP contribution in [0.3, 0.4) is 0 Å². The third-order valence-electron chi connectivity index (χ3n) is 4.21. The van der Waals surface area contributed by atoms with Crippen molar-refractivity contribution >= 4 is 37.7 Å². The minimum Gasteiger partial charge on any atom is -0.495 e. The lowest BCUT2D eigenvalue weighted by Gasteiger charge is -2.28. The van der Waals surface area contributed by atoms with Crippen LogP contribution >= 0.6 is 15.9 Å². The number of pyridine rings is 1. The molecule has 1 aliphatic heterocycles. The summed E-state index contributed by atoms with van der Waals surface area (Å²) >= 11 is 3.28. The van der Waals surface area contributed by atoms with Gasteiger partial charge < -0.3 is 15.0 Å². The summed E-state index contributed by atoms with van der Waals surface area (Å²) in [6.07, 6.45) is 2.10. The van der Waals surface area contributed by atoms with Gasteiger partial charge in [-0.05, 0) is 29.8 Å². The molecule has 0 atom stereocenters. The maximum absolute atomic E-state index is 12.8. The molecule has 8 nitrogen and oxygen atoms in total. The second-order valence-corrected chi connectivity index (χ2v) is 8.52. The smallest absolute Gasteiger partial charge is 0.317 e. The van der Waals surface area contributed by atoms with Crippen LogP contribution in [0.1, 0.15) is 11.3 Å². The molecule has 0 saturated carbocycles. The lowest BCUT2D eigenvalue weighted by Crippen LogP contribution is -2.41. The average Bonchev–Trinajstić information content (AvgIpc) is 2.66. The maximum Gasteiger partial charge on any atom is 0.317 e. The van der Waals surface area contributed by atoms with Crippen molar-refractivity contribution in [2.24, 2.45) is 0 Å². The zero-order valence-corrected chi connectivity index (χ0v) is 17.2. The first-order valence-corrected chi connectivity index (χ1v) is 10.4. The van der Waals surface area contributed by atoms with Gasteiger partial charge in [-0.1, -0.05) is 15.9 Å². The number of benzene rings is 1. The number of amides is 2. The topological polar surface area (TPSA) is 101 Å². The molecular formula is C17H19BrN4O4S. The normalized spacial score (nSPS) is 13.7. The molecule has 2 amide bonds. The molecule has 27 heavy (non-hydrogen) atoms. The third kappa shape index (κ3) is 4.16. The molecule has 1 aromatic carbocycles. The molecule has 2 heterocycles. The summed E-state index contributed by atoms with van der Waals surface area (Å²) in [4.78, 5) is 17.9. The standard InChI is InChI=1S/C17H19BrN4O4S/c1-19-17(23)22-6-5-14-11(10-22)7-13(9-20-14)21-27(24,25)16-8-12(18)3-4-15(16)26-2/h3-4,7-9,21H,5-6,10H2,1-2H3,(H,19,23). The molecule has 0 aliphatic carbocycles. The Bertz CT molecular complexity index is 981. The van der Waals surface area contributed by atoms with E-state index in [-0.39, 0.29) is 16.7 Å². The Morgan fingerprint density at radius 2 is 2.11 bits per heavy atom. The third-order valence-corrected chi connectivity index (χ3v) is 6.10. The Kier molecular flexibility index (Phi) is 5.56. The van der Waals surface area contributed by atoms with Gasteiger partial charge in [0.15, 0.2) is 0 Å². The summed E-state index contributed by atoms with van der Waals surface area (Å²) in [5.74, 6) is 0.238. The molecule has 3 rings (SSSR count). The van der Waals surface area contributed by atoms with Crippen LogP contribution in [-0.4, -0.2) is 45.0 Å². The molecular weight excluding hydrogens is 436 g/mol. The molecule has 0 fully saturated rings. The molecule has 0 bridgehead atoms. The van der Waals surface area contributed by atoms with E-state index in [0.29, 0.717) is 29.7 Å². The number of halogens is 1. The Balaban J connectivity index is 1.89. The van der Waals surface area contributed by atoms with Crippen molar-refractivity contribution in [1.29, 1.82) is 0 Å². The highest BCUT2D eigenvalue weighted by Crippen LogP contribution is 2.29. The second kappa shape index (κ2) is 7.73. The number of urea groups is 1. The predicted octanol–water partition coefficient (Wildman–Crippen LogP) is 2.35. The zero-order chi connectivity index (χ0) is 19.6. The number of aromatic nitrogens is 1. The van der Waals surface area contributed by atoms with E-state index in [2.05, 4.69) is 31.0 Å². The van der Waals surface area contributed by atoms with E-state index in [1.54, 1.807) is 30.1 Å². The molecule has 0 unspecified atom stereocenters. The molecule has 144 valence electrons. The minimum absolute atomic E-state index is 0.0177. The Hall–Kier alpha value is -2.33. The van der Waals surface area contributed by atoms with E-state index < -0.39 is 10.0 Å². The average molecular weight is 455 g/mol. The van der Waals surface area contributed by atoms with Crippen molar-refractivity contribution in [2.75, 3.05) is 25.4 Å². The number of hydrogen-bond donors (Lipinski definition) is 2. The van der Waals surface area contributed by atoms with Crippen LogP contribution in [0.25, 0.3) is 0 Å². The van der Waals surface area contributed by atoms with Crippen LogP contribution in [0.5, 0.6) is 5.75 Å². The minimum atomic E-state index is -3.88. The summed E-state index contributed by atoms with van der Waals surface area (Å²) in [6.45, 7) is 0.942. The summed E-state index contributed by atoms with van der Waals surface area (Å²) in [5.41, 5.74) is 2.00. The van der Waals surface area contributed by atoms with E-state index in [1.165, 1.54) is 19.4 Å². The van der Waals surface area contributed by atoms with Gasteiger partial charge >= 0.3 is 6.03 Å². The lowest BCUT2D eigenvalue weighted by atomic mass is 10.1. The monoisotopic (exact) mass is 454 g/mol. The molecule has 0 saturated heterocycles. The van der Waals surface area contributed by atoms with E-state index in [0.717, 1.165) is 11.3 Å². The SMILES string of the molecule is CNC(=O)N1CCc2ncc(NS(=O)(=O)c3cc(Br)ccc3OC)cc2C1. The van der Waals surface area contributed by atoms with Crippen molar-refractivity contribution in [2.45, 2.75) is 17.9 Å². The van der Waals surface area contributed by atoms with Crippen LogP contribution in [0.4, 0.5) is 10.5 Å². The predicted molar refractivity (Wildman–Crippen MR) is 104 cm³/mol. The fraction of sp³-hybridized carbons (Fsp3) is 0.294. The molecule has 2 N–H and O–H groups in total. The summed E-state index contributed by atoms with van der Waals surface area (Å²) in [7, 11) is -0.889. The van der Waals surface area contributed by atoms with Gasteiger partial charge in [0.1, 0.15) is 10.6 Å². The van der Waals surface area contributed by atoms with E-state index in [1.807, 2.05) is 0 Å². The van der Waals surface area contributed by atoms with Gasteiger partial charge in [0.05, 0.1) is 19.0 Å². The van der Waals surface area contributed by atoms with Gasteiger partial charge in [0.2, 0.25) is 0 Å². The van der Waals surface area contributed by atoms with Crippen LogP contribution in [0.15, 0.2) is 39.8 Å². The molecule has 1 aliphatic rings. The van der Waals surface area contributed by atoms with Crippen molar-refractivity contribution in [3.05, 3.63) is 46.2 Å². The van der Waals surface area contributed by atoms with E-state index >= 15 is 0 Å². The van der Waals surface area contributed by atoms with Crippen LogP contribution in [-0.2, 0) is 23.0 Å². The number of carbonyl (C=O) groups is 1. The van der Waals surface area contributed by atoms with Gasteiger partial charge in [-0.3, -0.25) is 9.71 Å². The quantitative estimate of drug-likeness (QED) is 0.738. The second-order valence-electron chi connectivity index (χ2n) is 5.96.